The van der Waals surface area contributed by atoms with Crippen LogP contribution in [0.2, 0.25) is 0 Å². The molecule has 0 radical (unpaired) electrons. The molecule has 4 nitrogen and oxygen atoms in total. The highest BCUT2D eigenvalue weighted by Gasteiger charge is 2.21. The van der Waals surface area contributed by atoms with Gasteiger partial charge in [-0.15, -0.1) is 0 Å². The van der Waals surface area contributed by atoms with Gasteiger partial charge in [0, 0.05) is 0 Å². The van der Waals surface area contributed by atoms with Gasteiger partial charge in [0.1, 0.15) is 0 Å². The molecule has 2 N–H and O–H groups in total. The summed E-state index contributed by atoms with van der Waals surface area (Å²) in [5.74, 6) is 0. The Balaban J connectivity index is 3.73. The first kappa shape index (κ1) is 22.9. The van der Waals surface area contributed by atoms with Crippen molar-refractivity contribution in [2.45, 2.75) is 115 Å². The largest absolute Gasteiger partial charge is 0.393 e. The molecule has 140 valence electrons. The van der Waals surface area contributed by atoms with E-state index in [9.17, 15) is 18.1 Å². The molecule has 23 heavy (non-hydrogen) atoms. The number of unbranched alkanes of at least 4 members (excludes halogenated alkanes) is 9. The van der Waals surface area contributed by atoms with Crippen molar-refractivity contribution in [3.8, 4) is 0 Å². The smallest absolute Gasteiger partial charge is 0.267 e. The van der Waals surface area contributed by atoms with E-state index in [1.807, 2.05) is 0 Å². The molecule has 0 amide bonds. The first-order valence-corrected chi connectivity index (χ1v) is 11.0. The summed E-state index contributed by atoms with van der Waals surface area (Å²) in [6, 6.07) is 0. The Morgan fingerprint density at radius 1 is 0.739 bits per heavy atom. The van der Waals surface area contributed by atoms with Crippen molar-refractivity contribution < 1.29 is 18.1 Å². The van der Waals surface area contributed by atoms with Crippen LogP contribution in [0.25, 0.3) is 0 Å². The van der Waals surface area contributed by atoms with Crippen LogP contribution in [-0.4, -0.2) is 29.4 Å². The van der Waals surface area contributed by atoms with Gasteiger partial charge in [-0.05, 0) is 26.2 Å². The van der Waals surface area contributed by atoms with E-state index in [0.29, 0.717) is 19.3 Å². The van der Waals surface area contributed by atoms with Gasteiger partial charge < -0.3 is 5.11 Å². The second-order valence-corrected chi connectivity index (χ2v) is 8.58. The number of hydrogen-bond donors (Lipinski definition) is 2. The highest BCUT2D eigenvalue weighted by molar-refractivity contribution is 7.86. The molecule has 0 rings (SSSR count). The molecular formula is C18H38O4S. The quantitative estimate of drug-likeness (QED) is 0.300. The third-order valence-corrected chi connectivity index (χ3v) is 5.76. The summed E-state index contributed by atoms with van der Waals surface area (Å²) in [7, 11) is -3.94. The Hall–Kier alpha value is -0.130. The highest BCUT2D eigenvalue weighted by atomic mass is 32.2. The molecule has 0 aliphatic heterocycles. The van der Waals surface area contributed by atoms with Gasteiger partial charge in [-0.3, -0.25) is 4.55 Å². The lowest BCUT2D eigenvalue weighted by Crippen LogP contribution is -2.20. The van der Waals surface area contributed by atoms with Gasteiger partial charge in [0.05, 0.1) is 11.4 Å². The normalized spacial score (nSPS) is 14.8. The average molecular weight is 351 g/mol. The molecule has 0 saturated heterocycles. The Bertz CT molecular complexity index is 352. The Labute approximate surface area is 143 Å². The van der Waals surface area contributed by atoms with E-state index in [1.165, 1.54) is 38.5 Å². The van der Waals surface area contributed by atoms with Gasteiger partial charge in [0.15, 0.2) is 0 Å². The van der Waals surface area contributed by atoms with E-state index in [-0.39, 0.29) is 6.10 Å². The highest BCUT2D eigenvalue weighted by Crippen LogP contribution is 2.19. The minimum atomic E-state index is -3.94. The van der Waals surface area contributed by atoms with Crippen molar-refractivity contribution in [2.24, 2.45) is 0 Å². The molecule has 5 heteroatoms. The Kier molecular flexibility index (Phi) is 14.2. The van der Waals surface area contributed by atoms with E-state index >= 15 is 0 Å². The van der Waals surface area contributed by atoms with Gasteiger partial charge in [-0.1, -0.05) is 77.6 Å². The van der Waals surface area contributed by atoms with Crippen molar-refractivity contribution >= 4 is 10.1 Å². The molecule has 0 aromatic heterocycles. The predicted octanol–water partition coefficient (Wildman–Crippen LogP) is 5.10. The van der Waals surface area contributed by atoms with E-state index in [0.717, 1.165) is 32.1 Å². The average Bonchev–Trinajstić information content (AvgIpc) is 2.46. The lowest BCUT2D eigenvalue weighted by Gasteiger charge is -2.14. The zero-order valence-corrected chi connectivity index (χ0v) is 16.0. The Morgan fingerprint density at radius 2 is 1.13 bits per heavy atom. The van der Waals surface area contributed by atoms with Gasteiger partial charge in [-0.2, -0.15) is 8.42 Å². The molecule has 0 saturated carbocycles. The second-order valence-electron chi connectivity index (χ2n) is 6.89. The summed E-state index contributed by atoms with van der Waals surface area (Å²) in [6.07, 6.45) is 13.8. The molecule has 2 unspecified atom stereocenters. The maximum Gasteiger partial charge on any atom is 0.267 e. The van der Waals surface area contributed by atoms with Crippen LogP contribution in [0, 0.1) is 0 Å². The fourth-order valence-electron chi connectivity index (χ4n) is 2.94. The van der Waals surface area contributed by atoms with E-state index in [2.05, 4.69) is 6.92 Å². The molecular weight excluding hydrogens is 312 g/mol. The fourth-order valence-corrected chi connectivity index (χ4v) is 3.87. The van der Waals surface area contributed by atoms with Crippen LogP contribution in [0.3, 0.4) is 0 Å². The number of aliphatic hydroxyl groups excluding tert-OH is 1. The first-order chi connectivity index (χ1) is 10.9. The first-order valence-electron chi connectivity index (χ1n) is 9.52. The minimum absolute atomic E-state index is 0.337. The van der Waals surface area contributed by atoms with Crippen LogP contribution in [0.4, 0.5) is 0 Å². The van der Waals surface area contributed by atoms with Gasteiger partial charge in [-0.25, -0.2) is 0 Å². The molecule has 0 aliphatic carbocycles. The third kappa shape index (κ3) is 15.2. The molecule has 0 fully saturated rings. The monoisotopic (exact) mass is 350 g/mol. The zero-order chi connectivity index (χ0) is 17.6. The molecule has 0 heterocycles. The fraction of sp³-hybridized carbons (Fsp3) is 1.00. The summed E-state index contributed by atoms with van der Waals surface area (Å²) in [5.41, 5.74) is 0. The van der Waals surface area contributed by atoms with Gasteiger partial charge in [0.2, 0.25) is 0 Å². The van der Waals surface area contributed by atoms with E-state index in [1.54, 1.807) is 6.92 Å². The van der Waals surface area contributed by atoms with Crippen molar-refractivity contribution in [3.63, 3.8) is 0 Å². The van der Waals surface area contributed by atoms with Crippen LogP contribution in [0.1, 0.15) is 104 Å². The van der Waals surface area contributed by atoms with Gasteiger partial charge >= 0.3 is 0 Å². The van der Waals surface area contributed by atoms with Crippen molar-refractivity contribution in [2.75, 3.05) is 0 Å². The second kappa shape index (κ2) is 14.2. The third-order valence-electron chi connectivity index (χ3n) is 4.45. The minimum Gasteiger partial charge on any atom is -0.393 e. The molecule has 0 aliphatic rings. The van der Waals surface area contributed by atoms with Crippen LogP contribution >= 0.6 is 0 Å². The molecule has 0 aromatic rings. The van der Waals surface area contributed by atoms with Crippen molar-refractivity contribution in [1.82, 2.24) is 0 Å². The maximum absolute atomic E-state index is 11.4. The van der Waals surface area contributed by atoms with Crippen LogP contribution in [0.15, 0.2) is 0 Å². The zero-order valence-electron chi connectivity index (χ0n) is 15.2. The summed E-state index contributed by atoms with van der Waals surface area (Å²) in [5, 5.41) is 8.58. The Morgan fingerprint density at radius 3 is 1.57 bits per heavy atom. The predicted molar refractivity (Wildman–Crippen MR) is 97.3 cm³/mol. The summed E-state index contributed by atoms with van der Waals surface area (Å²) in [4.78, 5) is 0. The topological polar surface area (TPSA) is 74.6 Å². The van der Waals surface area contributed by atoms with E-state index in [4.69, 9.17) is 0 Å². The molecule has 2 atom stereocenters. The number of rotatable bonds is 16. The number of hydrogen-bond acceptors (Lipinski definition) is 3. The van der Waals surface area contributed by atoms with Crippen molar-refractivity contribution in [1.29, 1.82) is 0 Å². The maximum atomic E-state index is 11.4. The molecule has 0 aromatic carbocycles. The lowest BCUT2D eigenvalue weighted by atomic mass is 10.0. The summed E-state index contributed by atoms with van der Waals surface area (Å²) < 4.78 is 32.2. The summed E-state index contributed by atoms with van der Waals surface area (Å²) >= 11 is 0. The van der Waals surface area contributed by atoms with Crippen LogP contribution < -0.4 is 0 Å². The van der Waals surface area contributed by atoms with Crippen LogP contribution in [-0.2, 0) is 10.1 Å². The number of aliphatic hydroxyl groups is 1. The standard InChI is InChI=1S/C18H38O4S/c1-3-4-5-6-7-8-9-10-11-15-18(23(20,21)22)16-13-12-14-17(2)19/h17-19H,3-16H2,1-2H3,(H,20,21,22). The molecule has 0 spiro atoms. The van der Waals surface area contributed by atoms with Crippen molar-refractivity contribution in [3.05, 3.63) is 0 Å². The van der Waals surface area contributed by atoms with E-state index < -0.39 is 15.4 Å². The molecule has 0 bridgehead atoms. The van der Waals surface area contributed by atoms with Crippen LogP contribution in [0.5, 0.6) is 0 Å². The summed E-state index contributed by atoms with van der Waals surface area (Å²) in [6.45, 7) is 3.96. The lowest BCUT2D eigenvalue weighted by molar-refractivity contribution is 0.180. The SMILES string of the molecule is CCCCCCCCCCCC(CCCCC(C)O)S(=O)(=O)O. The van der Waals surface area contributed by atoms with Gasteiger partial charge in [0.25, 0.3) is 10.1 Å².